The van der Waals surface area contributed by atoms with Crippen LogP contribution in [0.1, 0.15) is 5.82 Å². The standard InChI is InChI=1S/C12H12ClN3O3/c1-16(7-11(17)18)6-10-14-12(19-15-10)8-4-2-3-5-9(8)13/h2-5H,6-7H2,1H3,(H,17,18). The molecule has 0 radical (unpaired) electrons. The zero-order valence-corrected chi connectivity index (χ0v) is 11.0. The van der Waals surface area contributed by atoms with Crippen molar-refractivity contribution in [2.24, 2.45) is 0 Å². The third kappa shape index (κ3) is 3.52. The Kier molecular flexibility index (Phi) is 4.13. The maximum Gasteiger partial charge on any atom is 0.317 e. The van der Waals surface area contributed by atoms with Gasteiger partial charge in [0.05, 0.1) is 23.7 Å². The molecule has 6 nitrogen and oxygen atoms in total. The van der Waals surface area contributed by atoms with E-state index in [9.17, 15) is 4.79 Å². The number of aromatic nitrogens is 2. The third-order valence-electron chi connectivity index (χ3n) is 2.39. The minimum atomic E-state index is -0.905. The lowest BCUT2D eigenvalue weighted by atomic mass is 10.2. The number of carboxylic acid groups (broad SMARTS) is 1. The van der Waals surface area contributed by atoms with E-state index in [1.807, 2.05) is 12.1 Å². The Morgan fingerprint density at radius 2 is 2.21 bits per heavy atom. The van der Waals surface area contributed by atoms with E-state index in [1.165, 1.54) is 0 Å². The van der Waals surface area contributed by atoms with Crippen molar-refractivity contribution in [1.82, 2.24) is 15.0 Å². The summed E-state index contributed by atoms with van der Waals surface area (Å²) in [6.45, 7) is 0.205. The molecule has 0 aliphatic rings. The lowest BCUT2D eigenvalue weighted by Gasteiger charge is -2.09. The molecule has 0 atom stereocenters. The highest BCUT2D eigenvalue weighted by atomic mass is 35.5. The highest BCUT2D eigenvalue weighted by Gasteiger charge is 2.13. The van der Waals surface area contributed by atoms with Crippen LogP contribution in [0.5, 0.6) is 0 Å². The van der Waals surface area contributed by atoms with Gasteiger partial charge in [0.2, 0.25) is 0 Å². The van der Waals surface area contributed by atoms with Gasteiger partial charge in [-0.3, -0.25) is 9.69 Å². The molecule has 100 valence electrons. The Hall–Kier alpha value is -1.92. The number of carboxylic acids is 1. The van der Waals surface area contributed by atoms with Crippen LogP contribution in [0.3, 0.4) is 0 Å². The van der Waals surface area contributed by atoms with Gasteiger partial charge in [0.1, 0.15) is 0 Å². The van der Waals surface area contributed by atoms with Crippen LogP contribution in [-0.4, -0.2) is 39.7 Å². The average molecular weight is 282 g/mol. The normalized spacial score (nSPS) is 10.9. The van der Waals surface area contributed by atoms with Gasteiger partial charge in [-0.05, 0) is 19.2 Å². The number of likely N-dealkylation sites (N-methyl/N-ethyl adjacent to an activating group) is 1. The highest BCUT2D eigenvalue weighted by molar-refractivity contribution is 6.33. The Balaban J connectivity index is 2.11. The third-order valence-corrected chi connectivity index (χ3v) is 2.72. The fourth-order valence-corrected chi connectivity index (χ4v) is 1.81. The number of carbonyl (C=O) groups is 1. The Labute approximate surface area is 114 Å². The summed E-state index contributed by atoms with van der Waals surface area (Å²) < 4.78 is 5.12. The first-order valence-corrected chi connectivity index (χ1v) is 5.92. The molecule has 2 aromatic rings. The van der Waals surface area contributed by atoms with Gasteiger partial charge in [0.15, 0.2) is 5.82 Å². The molecule has 0 fully saturated rings. The second-order valence-corrected chi connectivity index (χ2v) is 4.47. The predicted molar refractivity (Wildman–Crippen MR) is 68.7 cm³/mol. The molecular formula is C12H12ClN3O3. The number of rotatable bonds is 5. The van der Waals surface area contributed by atoms with Crippen LogP contribution in [-0.2, 0) is 11.3 Å². The molecule has 7 heteroatoms. The number of benzene rings is 1. The summed E-state index contributed by atoms with van der Waals surface area (Å²) in [5, 5.41) is 13.0. The van der Waals surface area contributed by atoms with E-state index in [1.54, 1.807) is 24.1 Å². The van der Waals surface area contributed by atoms with E-state index in [0.717, 1.165) is 0 Å². The van der Waals surface area contributed by atoms with Crippen LogP contribution in [0, 0.1) is 0 Å². The van der Waals surface area contributed by atoms with E-state index >= 15 is 0 Å². The molecule has 0 saturated heterocycles. The van der Waals surface area contributed by atoms with E-state index in [4.69, 9.17) is 21.2 Å². The van der Waals surface area contributed by atoms with Crippen LogP contribution in [0.4, 0.5) is 0 Å². The first kappa shape index (κ1) is 13.5. The van der Waals surface area contributed by atoms with Crippen molar-refractivity contribution in [3.8, 4) is 11.5 Å². The molecular weight excluding hydrogens is 270 g/mol. The fraction of sp³-hybridized carbons (Fsp3) is 0.250. The van der Waals surface area contributed by atoms with Crippen LogP contribution >= 0.6 is 11.6 Å². The summed E-state index contributed by atoms with van der Waals surface area (Å²) in [7, 11) is 1.67. The van der Waals surface area contributed by atoms with Crippen molar-refractivity contribution in [3.05, 3.63) is 35.1 Å². The SMILES string of the molecule is CN(CC(=O)O)Cc1noc(-c2ccccc2Cl)n1. The fourth-order valence-electron chi connectivity index (χ4n) is 1.59. The molecule has 1 heterocycles. The van der Waals surface area contributed by atoms with Crippen LogP contribution in [0.25, 0.3) is 11.5 Å². The zero-order chi connectivity index (χ0) is 13.8. The zero-order valence-electron chi connectivity index (χ0n) is 10.2. The van der Waals surface area contributed by atoms with E-state index < -0.39 is 5.97 Å². The molecule has 1 N–H and O–H groups in total. The highest BCUT2D eigenvalue weighted by Crippen LogP contribution is 2.25. The first-order chi connectivity index (χ1) is 9.06. The van der Waals surface area contributed by atoms with Gasteiger partial charge in [-0.2, -0.15) is 4.98 Å². The van der Waals surface area contributed by atoms with Crippen molar-refractivity contribution in [1.29, 1.82) is 0 Å². The minimum absolute atomic E-state index is 0.0873. The molecule has 0 aliphatic carbocycles. The molecule has 1 aromatic carbocycles. The molecule has 0 unspecified atom stereocenters. The second kappa shape index (κ2) is 5.81. The molecule has 1 aromatic heterocycles. The van der Waals surface area contributed by atoms with Gasteiger partial charge in [0, 0.05) is 0 Å². The molecule has 0 saturated carbocycles. The molecule has 2 rings (SSSR count). The minimum Gasteiger partial charge on any atom is -0.480 e. The maximum absolute atomic E-state index is 10.5. The quantitative estimate of drug-likeness (QED) is 0.902. The summed E-state index contributed by atoms with van der Waals surface area (Å²) >= 11 is 6.03. The summed E-state index contributed by atoms with van der Waals surface area (Å²) in [5.41, 5.74) is 0.656. The summed E-state index contributed by atoms with van der Waals surface area (Å²) in [6.07, 6.45) is 0. The number of hydrogen-bond donors (Lipinski definition) is 1. The van der Waals surface area contributed by atoms with Gasteiger partial charge in [-0.1, -0.05) is 28.9 Å². The second-order valence-electron chi connectivity index (χ2n) is 4.06. The smallest absolute Gasteiger partial charge is 0.317 e. The van der Waals surface area contributed by atoms with Crippen LogP contribution < -0.4 is 0 Å². The average Bonchev–Trinajstić information content (AvgIpc) is 2.76. The van der Waals surface area contributed by atoms with Gasteiger partial charge < -0.3 is 9.63 Å². The van der Waals surface area contributed by atoms with E-state index in [0.29, 0.717) is 28.8 Å². The Bertz CT molecular complexity index is 585. The maximum atomic E-state index is 10.5. The van der Waals surface area contributed by atoms with E-state index in [-0.39, 0.29) is 6.54 Å². The Morgan fingerprint density at radius 1 is 1.47 bits per heavy atom. The van der Waals surface area contributed by atoms with Crippen molar-refractivity contribution in [2.45, 2.75) is 6.54 Å². The van der Waals surface area contributed by atoms with Crippen molar-refractivity contribution in [2.75, 3.05) is 13.6 Å². The summed E-state index contributed by atoms with van der Waals surface area (Å²) in [5.74, 6) is -0.166. The topological polar surface area (TPSA) is 79.5 Å². The number of halogens is 1. The van der Waals surface area contributed by atoms with Crippen molar-refractivity contribution >= 4 is 17.6 Å². The van der Waals surface area contributed by atoms with Gasteiger partial charge in [-0.25, -0.2) is 0 Å². The summed E-state index contributed by atoms with van der Waals surface area (Å²) in [4.78, 5) is 16.3. The number of aliphatic carboxylic acids is 1. The monoisotopic (exact) mass is 281 g/mol. The number of nitrogens with zero attached hydrogens (tertiary/aromatic N) is 3. The lowest BCUT2D eigenvalue weighted by molar-refractivity contribution is -0.138. The molecule has 0 spiro atoms. The van der Waals surface area contributed by atoms with Crippen LogP contribution in [0.15, 0.2) is 28.8 Å². The van der Waals surface area contributed by atoms with Gasteiger partial charge in [0.25, 0.3) is 5.89 Å². The largest absolute Gasteiger partial charge is 0.480 e. The van der Waals surface area contributed by atoms with Crippen molar-refractivity contribution < 1.29 is 14.4 Å². The molecule has 19 heavy (non-hydrogen) atoms. The molecule has 0 amide bonds. The van der Waals surface area contributed by atoms with Gasteiger partial charge in [-0.15, -0.1) is 0 Å². The lowest BCUT2D eigenvalue weighted by Crippen LogP contribution is -2.25. The van der Waals surface area contributed by atoms with Crippen molar-refractivity contribution in [3.63, 3.8) is 0 Å². The molecule has 0 aliphatic heterocycles. The molecule has 0 bridgehead atoms. The summed E-state index contributed by atoms with van der Waals surface area (Å²) in [6, 6.07) is 7.14. The van der Waals surface area contributed by atoms with Gasteiger partial charge >= 0.3 is 5.97 Å². The number of hydrogen-bond acceptors (Lipinski definition) is 5. The van der Waals surface area contributed by atoms with E-state index in [2.05, 4.69) is 10.1 Å². The Morgan fingerprint density at radius 3 is 2.89 bits per heavy atom. The first-order valence-electron chi connectivity index (χ1n) is 5.54. The predicted octanol–water partition coefficient (Wildman–Crippen LogP) is 1.91. The van der Waals surface area contributed by atoms with Crippen LogP contribution in [0.2, 0.25) is 5.02 Å².